The zero-order valence-corrected chi connectivity index (χ0v) is 14.7. The van der Waals surface area contributed by atoms with Crippen LogP contribution < -0.4 is 4.90 Å². The van der Waals surface area contributed by atoms with E-state index in [4.69, 9.17) is 0 Å². The van der Waals surface area contributed by atoms with E-state index in [0.29, 0.717) is 12.1 Å². The minimum absolute atomic E-state index is 0.377. The van der Waals surface area contributed by atoms with Gasteiger partial charge in [0.05, 0.1) is 0 Å². The van der Waals surface area contributed by atoms with Crippen LogP contribution in [-0.4, -0.2) is 37.1 Å². The third kappa shape index (κ3) is 4.06. The first-order chi connectivity index (χ1) is 11.2. The molecule has 23 heavy (non-hydrogen) atoms. The van der Waals surface area contributed by atoms with Crippen LogP contribution in [0, 0.1) is 5.92 Å². The molecule has 0 radical (unpaired) electrons. The van der Waals surface area contributed by atoms with Gasteiger partial charge in [-0.05, 0) is 56.2 Å². The summed E-state index contributed by atoms with van der Waals surface area (Å²) in [6.45, 7) is 4.51. The number of anilines is 1. The van der Waals surface area contributed by atoms with Crippen molar-refractivity contribution in [1.29, 1.82) is 0 Å². The molecule has 1 saturated carbocycles. The Labute approximate surface area is 140 Å². The zero-order valence-electron chi connectivity index (χ0n) is 14.7. The predicted octanol–water partition coefficient (Wildman–Crippen LogP) is 4.64. The van der Waals surface area contributed by atoms with Gasteiger partial charge in [-0.1, -0.05) is 25.0 Å². The Morgan fingerprint density at radius 1 is 1.22 bits per heavy atom. The topological polar surface area (TPSA) is 6.48 Å². The number of rotatable bonds is 5. The average Bonchev–Trinajstić information content (AvgIpc) is 3.09. The highest BCUT2D eigenvalue weighted by Crippen LogP contribution is 2.30. The second-order valence-electron chi connectivity index (χ2n) is 7.59. The van der Waals surface area contributed by atoms with E-state index in [-0.39, 0.29) is 6.67 Å². The summed E-state index contributed by atoms with van der Waals surface area (Å²) in [5, 5.41) is 0. The second kappa shape index (κ2) is 7.65. The van der Waals surface area contributed by atoms with Gasteiger partial charge in [-0.3, -0.25) is 0 Å². The average molecular weight is 318 g/mol. The van der Waals surface area contributed by atoms with Crippen molar-refractivity contribution in [3.05, 3.63) is 29.8 Å². The molecule has 2 fully saturated rings. The standard InChI is InChI=1S/C20H31FN2/c1-16-12-20(10-11-23(16)15-17-6-3-4-7-17)22(2)19-9-5-8-18(13-19)14-21/h5,8-9,13,16-17,20H,3-4,6-7,10-12,14-15H2,1-2H3/t16-,20?/m0/s1. The first-order valence-electron chi connectivity index (χ1n) is 9.29. The fraction of sp³-hybridized carbons (Fsp3) is 0.700. The molecule has 1 aromatic rings. The van der Waals surface area contributed by atoms with Gasteiger partial charge in [0.1, 0.15) is 6.67 Å². The van der Waals surface area contributed by atoms with Crippen LogP contribution in [0.3, 0.4) is 0 Å². The normalized spacial score (nSPS) is 26.6. The second-order valence-corrected chi connectivity index (χ2v) is 7.59. The smallest absolute Gasteiger partial charge is 0.115 e. The van der Waals surface area contributed by atoms with Gasteiger partial charge >= 0.3 is 0 Å². The Balaban J connectivity index is 1.57. The SMILES string of the molecule is C[C@H]1CC(N(C)c2cccc(CF)c2)CCN1CC1CCCC1. The summed E-state index contributed by atoms with van der Waals surface area (Å²) in [7, 11) is 2.17. The van der Waals surface area contributed by atoms with Crippen LogP contribution in [-0.2, 0) is 6.67 Å². The van der Waals surface area contributed by atoms with E-state index < -0.39 is 0 Å². The predicted molar refractivity (Wildman–Crippen MR) is 95.7 cm³/mol. The quantitative estimate of drug-likeness (QED) is 0.780. The lowest BCUT2D eigenvalue weighted by Gasteiger charge is -2.42. The summed E-state index contributed by atoms with van der Waals surface area (Å²) in [5.74, 6) is 0.938. The zero-order chi connectivity index (χ0) is 16.2. The van der Waals surface area contributed by atoms with Crippen molar-refractivity contribution in [2.45, 2.75) is 64.2 Å². The minimum Gasteiger partial charge on any atom is -0.371 e. The lowest BCUT2D eigenvalue weighted by molar-refractivity contribution is 0.125. The first-order valence-corrected chi connectivity index (χ1v) is 9.29. The van der Waals surface area contributed by atoms with Crippen LogP contribution in [0.15, 0.2) is 24.3 Å². The van der Waals surface area contributed by atoms with Crippen LogP contribution in [0.1, 0.15) is 51.0 Å². The molecule has 1 saturated heterocycles. The lowest BCUT2D eigenvalue weighted by Crippen LogP contribution is -2.49. The number of piperidine rings is 1. The van der Waals surface area contributed by atoms with Gasteiger partial charge in [0, 0.05) is 37.9 Å². The van der Waals surface area contributed by atoms with Gasteiger partial charge in [-0.15, -0.1) is 0 Å². The Kier molecular flexibility index (Phi) is 5.58. The molecule has 1 unspecified atom stereocenters. The number of hydrogen-bond donors (Lipinski definition) is 0. The fourth-order valence-corrected chi connectivity index (χ4v) is 4.41. The van der Waals surface area contributed by atoms with Crippen LogP contribution in [0.5, 0.6) is 0 Å². The van der Waals surface area contributed by atoms with E-state index in [1.54, 1.807) is 0 Å². The molecular weight excluding hydrogens is 287 g/mol. The van der Waals surface area contributed by atoms with E-state index in [0.717, 1.165) is 17.2 Å². The van der Waals surface area contributed by atoms with E-state index in [9.17, 15) is 4.39 Å². The number of hydrogen-bond acceptors (Lipinski definition) is 2. The summed E-state index contributed by atoms with van der Waals surface area (Å²) in [6.07, 6.45) is 8.16. The number of halogens is 1. The molecule has 128 valence electrons. The van der Waals surface area contributed by atoms with Gasteiger partial charge in [-0.25, -0.2) is 4.39 Å². The molecule has 1 aromatic carbocycles. The molecule has 0 aromatic heterocycles. The molecule has 0 bridgehead atoms. The molecule has 1 aliphatic heterocycles. The summed E-state index contributed by atoms with van der Waals surface area (Å²) < 4.78 is 12.9. The highest BCUT2D eigenvalue weighted by atomic mass is 19.1. The lowest BCUT2D eigenvalue weighted by atomic mass is 9.95. The summed E-state index contributed by atoms with van der Waals surface area (Å²) >= 11 is 0. The molecule has 3 rings (SSSR count). The largest absolute Gasteiger partial charge is 0.371 e. The Morgan fingerprint density at radius 2 is 2.00 bits per heavy atom. The van der Waals surface area contributed by atoms with Crippen molar-refractivity contribution >= 4 is 5.69 Å². The van der Waals surface area contributed by atoms with Gasteiger partial charge in [0.2, 0.25) is 0 Å². The molecule has 2 atom stereocenters. The molecule has 1 heterocycles. The molecule has 0 amide bonds. The fourth-order valence-electron chi connectivity index (χ4n) is 4.41. The number of alkyl halides is 1. The van der Waals surface area contributed by atoms with Crippen molar-refractivity contribution in [3.63, 3.8) is 0 Å². The van der Waals surface area contributed by atoms with Crippen molar-refractivity contribution in [3.8, 4) is 0 Å². The maximum Gasteiger partial charge on any atom is 0.115 e. The van der Waals surface area contributed by atoms with Crippen molar-refractivity contribution in [2.24, 2.45) is 5.92 Å². The number of nitrogens with zero attached hydrogens (tertiary/aromatic N) is 2. The maximum absolute atomic E-state index is 12.9. The number of likely N-dealkylation sites (tertiary alicyclic amines) is 1. The van der Waals surface area contributed by atoms with Crippen LogP contribution in [0.2, 0.25) is 0 Å². The van der Waals surface area contributed by atoms with Crippen LogP contribution in [0.25, 0.3) is 0 Å². The van der Waals surface area contributed by atoms with Gasteiger partial charge < -0.3 is 9.80 Å². The molecule has 2 aliphatic rings. The minimum atomic E-state index is -0.377. The molecule has 0 N–H and O–H groups in total. The van der Waals surface area contributed by atoms with E-state index in [1.807, 2.05) is 18.2 Å². The Hall–Kier alpha value is -1.09. The summed E-state index contributed by atoms with van der Waals surface area (Å²) in [6, 6.07) is 9.16. The third-order valence-electron chi connectivity index (χ3n) is 5.97. The Morgan fingerprint density at radius 3 is 2.70 bits per heavy atom. The van der Waals surface area contributed by atoms with Crippen molar-refractivity contribution in [2.75, 3.05) is 25.0 Å². The van der Waals surface area contributed by atoms with E-state index >= 15 is 0 Å². The van der Waals surface area contributed by atoms with Crippen molar-refractivity contribution in [1.82, 2.24) is 4.90 Å². The number of benzene rings is 1. The molecule has 2 nitrogen and oxygen atoms in total. The molecule has 1 aliphatic carbocycles. The molecular formula is C20H31FN2. The van der Waals surface area contributed by atoms with Crippen LogP contribution in [0.4, 0.5) is 10.1 Å². The third-order valence-corrected chi connectivity index (χ3v) is 5.97. The first kappa shape index (κ1) is 16.8. The Bertz CT molecular complexity index is 498. The van der Waals surface area contributed by atoms with Gasteiger partial charge in [0.25, 0.3) is 0 Å². The van der Waals surface area contributed by atoms with Gasteiger partial charge in [0.15, 0.2) is 0 Å². The monoisotopic (exact) mass is 318 g/mol. The van der Waals surface area contributed by atoms with Crippen molar-refractivity contribution < 1.29 is 4.39 Å². The molecule has 3 heteroatoms. The highest BCUT2D eigenvalue weighted by molar-refractivity contribution is 5.48. The van der Waals surface area contributed by atoms with E-state index in [1.165, 1.54) is 51.6 Å². The molecule has 0 spiro atoms. The van der Waals surface area contributed by atoms with E-state index in [2.05, 4.69) is 29.8 Å². The summed E-state index contributed by atoms with van der Waals surface area (Å²) in [4.78, 5) is 5.07. The maximum atomic E-state index is 12.9. The van der Waals surface area contributed by atoms with Crippen LogP contribution >= 0.6 is 0 Å². The highest BCUT2D eigenvalue weighted by Gasteiger charge is 2.30. The summed E-state index contributed by atoms with van der Waals surface area (Å²) in [5.41, 5.74) is 1.93. The van der Waals surface area contributed by atoms with Gasteiger partial charge in [-0.2, -0.15) is 0 Å².